The van der Waals surface area contributed by atoms with Crippen molar-refractivity contribution in [1.82, 2.24) is 20.2 Å². The number of nitrogens with one attached hydrogen (secondary N) is 1. The summed E-state index contributed by atoms with van der Waals surface area (Å²) >= 11 is 0. The topological polar surface area (TPSA) is 123 Å². The number of aliphatic hydroxyl groups is 1. The Hall–Kier alpha value is -2.74. The molecule has 0 saturated heterocycles. The van der Waals surface area contributed by atoms with Gasteiger partial charge in [0.15, 0.2) is 0 Å². The molecule has 0 amide bonds. The normalized spacial score (nSPS) is 12.4. The first-order valence-corrected chi connectivity index (χ1v) is 7.92. The zero-order chi connectivity index (χ0) is 16.9. The number of nitrogens with zero attached hydrogens (tertiary/aromatic N) is 4. The molecule has 8 nitrogen and oxygen atoms in total. The molecule has 1 aromatic carbocycles. The summed E-state index contributed by atoms with van der Waals surface area (Å²) in [5.74, 6) is 1.20. The van der Waals surface area contributed by atoms with Gasteiger partial charge in [0.2, 0.25) is 18.2 Å². The molecular weight excluding hydrogens is 308 g/mol. The molecule has 2 heterocycles. The van der Waals surface area contributed by atoms with Gasteiger partial charge in [0.05, 0.1) is 18.2 Å². The third-order valence-electron chi connectivity index (χ3n) is 3.79. The van der Waals surface area contributed by atoms with Crippen LogP contribution < -0.4 is 11.1 Å². The standard InChI is InChI=1S/C16H20N6O2/c1-2-3-4-11(8-23)19-14-12-6-5-10(15-22-18-9-24-15)7-13(12)20-16(17)21-14/h5-7,9,11,23H,2-4,8H2,1H3,(H3,17,19,20,21)/t11-/m1/s1. The van der Waals surface area contributed by atoms with Crippen LogP contribution in [0.25, 0.3) is 22.4 Å². The lowest BCUT2D eigenvalue weighted by Gasteiger charge is -2.18. The van der Waals surface area contributed by atoms with Crippen LogP contribution in [0.4, 0.5) is 11.8 Å². The molecule has 0 unspecified atom stereocenters. The van der Waals surface area contributed by atoms with Crippen molar-refractivity contribution in [3.8, 4) is 11.5 Å². The second kappa shape index (κ2) is 7.22. The number of aliphatic hydroxyl groups excluding tert-OH is 1. The molecule has 24 heavy (non-hydrogen) atoms. The van der Waals surface area contributed by atoms with Gasteiger partial charge in [0, 0.05) is 10.9 Å². The summed E-state index contributed by atoms with van der Waals surface area (Å²) in [6.07, 6.45) is 4.23. The average Bonchev–Trinajstić information content (AvgIpc) is 3.12. The van der Waals surface area contributed by atoms with Crippen LogP contribution in [0, 0.1) is 0 Å². The summed E-state index contributed by atoms with van der Waals surface area (Å²) in [6, 6.07) is 5.50. The Kier molecular flexibility index (Phi) is 4.85. The number of unbranched alkanes of at least 4 members (excludes halogenated alkanes) is 1. The highest BCUT2D eigenvalue weighted by molar-refractivity contribution is 5.92. The van der Waals surface area contributed by atoms with Crippen molar-refractivity contribution in [1.29, 1.82) is 0 Å². The van der Waals surface area contributed by atoms with Crippen molar-refractivity contribution >= 4 is 22.7 Å². The minimum Gasteiger partial charge on any atom is -0.423 e. The second-order valence-electron chi connectivity index (χ2n) is 5.57. The monoisotopic (exact) mass is 328 g/mol. The molecule has 3 aromatic rings. The van der Waals surface area contributed by atoms with Gasteiger partial charge in [-0.15, -0.1) is 10.2 Å². The van der Waals surface area contributed by atoms with Gasteiger partial charge in [0.1, 0.15) is 5.82 Å². The van der Waals surface area contributed by atoms with Gasteiger partial charge >= 0.3 is 0 Å². The first-order valence-electron chi connectivity index (χ1n) is 7.92. The molecule has 0 spiro atoms. The molecule has 0 aliphatic rings. The number of nitrogen functional groups attached to an aromatic ring is 1. The average molecular weight is 328 g/mol. The molecule has 0 aliphatic carbocycles. The van der Waals surface area contributed by atoms with E-state index in [0.29, 0.717) is 17.2 Å². The molecule has 2 aromatic heterocycles. The molecule has 8 heteroatoms. The Morgan fingerprint density at radius 1 is 1.33 bits per heavy atom. The fraction of sp³-hybridized carbons (Fsp3) is 0.375. The number of hydrogen-bond donors (Lipinski definition) is 3. The summed E-state index contributed by atoms with van der Waals surface area (Å²) in [4.78, 5) is 8.56. The van der Waals surface area contributed by atoms with E-state index in [9.17, 15) is 5.11 Å². The molecule has 0 bridgehead atoms. The molecule has 0 aliphatic heterocycles. The van der Waals surface area contributed by atoms with Crippen LogP contribution in [-0.4, -0.2) is 37.9 Å². The van der Waals surface area contributed by atoms with Crippen molar-refractivity contribution in [2.24, 2.45) is 0 Å². The molecule has 1 atom stereocenters. The Balaban J connectivity index is 1.96. The van der Waals surface area contributed by atoms with E-state index < -0.39 is 0 Å². The zero-order valence-corrected chi connectivity index (χ0v) is 13.4. The fourth-order valence-corrected chi connectivity index (χ4v) is 2.54. The maximum Gasteiger partial charge on any atom is 0.247 e. The highest BCUT2D eigenvalue weighted by Crippen LogP contribution is 2.27. The Morgan fingerprint density at radius 2 is 2.21 bits per heavy atom. The van der Waals surface area contributed by atoms with E-state index in [-0.39, 0.29) is 18.6 Å². The van der Waals surface area contributed by atoms with E-state index in [4.69, 9.17) is 10.2 Å². The van der Waals surface area contributed by atoms with Gasteiger partial charge in [-0.3, -0.25) is 0 Å². The highest BCUT2D eigenvalue weighted by Gasteiger charge is 2.13. The largest absolute Gasteiger partial charge is 0.423 e. The minimum atomic E-state index is -0.0712. The highest BCUT2D eigenvalue weighted by atomic mass is 16.4. The van der Waals surface area contributed by atoms with Crippen LogP contribution in [-0.2, 0) is 0 Å². The Labute approximate surface area is 139 Å². The first kappa shape index (κ1) is 16.1. The molecule has 0 radical (unpaired) electrons. The minimum absolute atomic E-state index is 0.0332. The van der Waals surface area contributed by atoms with E-state index >= 15 is 0 Å². The third-order valence-corrected chi connectivity index (χ3v) is 3.79. The summed E-state index contributed by atoms with van der Waals surface area (Å²) in [7, 11) is 0. The van der Waals surface area contributed by atoms with Crippen molar-refractivity contribution in [2.45, 2.75) is 32.2 Å². The number of fused-ring (bicyclic) bond motifs is 1. The van der Waals surface area contributed by atoms with Crippen LogP contribution >= 0.6 is 0 Å². The SMILES string of the molecule is CCCC[C@H](CO)Nc1nc(N)nc2cc(-c3nnco3)ccc12. The maximum absolute atomic E-state index is 9.56. The van der Waals surface area contributed by atoms with Gasteiger partial charge in [-0.1, -0.05) is 19.8 Å². The predicted octanol–water partition coefficient (Wildman–Crippen LogP) is 2.22. The van der Waals surface area contributed by atoms with Gasteiger partial charge in [-0.25, -0.2) is 4.98 Å². The van der Waals surface area contributed by atoms with E-state index in [2.05, 4.69) is 32.4 Å². The number of anilines is 2. The molecule has 0 saturated carbocycles. The van der Waals surface area contributed by atoms with Gasteiger partial charge < -0.3 is 20.6 Å². The lowest BCUT2D eigenvalue weighted by molar-refractivity contribution is 0.267. The number of nitrogens with two attached hydrogens (primary N) is 1. The molecule has 4 N–H and O–H groups in total. The van der Waals surface area contributed by atoms with Gasteiger partial charge in [-0.2, -0.15) is 4.98 Å². The van der Waals surface area contributed by atoms with Crippen LogP contribution in [0.15, 0.2) is 29.0 Å². The smallest absolute Gasteiger partial charge is 0.247 e. The number of aromatic nitrogens is 4. The van der Waals surface area contributed by atoms with Crippen molar-refractivity contribution in [2.75, 3.05) is 17.7 Å². The van der Waals surface area contributed by atoms with Crippen LogP contribution in [0.1, 0.15) is 26.2 Å². The van der Waals surface area contributed by atoms with E-state index in [0.717, 1.165) is 30.2 Å². The van der Waals surface area contributed by atoms with Crippen molar-refractivity contribution in [3.05, 3.63) is 24.6 Å². The first-order chi connectivity index (χ1) is 11.7. The van der Waals surface area contributed by atoms with Crippen LogP contribution in [0.2, 0.25) is 0 Å². The van der Waals surface area contributed by atoms with E-state index in [1.807, 2.05) is 18.2 Å². The Morgan fingerprint density at radius 3 is 2.92 bits per heavy atom. The van der Waals surface area contributed by atoms with Crippen molar-refractivity contribution in [3.63, 3.8) is 0 Å². The summed E-state index contributed by atoms with van der Waals surface area (Å²) in [6.45, 7) is 2.15. The van der Waals surface area contributed by atoms with Crippen LogP contribution in [0.3, 0.4) is 0 Å². The number of benzene rings is 1. The summed E-state index contributed by atoms with van der Waals surface area (Å²) < 4.78 is 5.21. The predicted molar refractivity (Wildman–Crippen MR) is 91.3 cm³/mol. The molecular formula is C16H20N6O2. The van der Waals surface area contributed by atoms with Crippen molar-refractivity contribution < 1.29 is 9.52 Å². The van der Waals surface area contributed by atoms with Gasteiger partial charge in [0.25, 0.3) is 0 Å². The number of hydrogen-bond acceptors (Lipinski definition) is 8. The lowest BCUT2D eigenvalue weighted by atomic mass is 10.1. The van der Waals surface area contributed by atoms with Gasteiger partial charge in [-0.05, 0) is 24.6 Å². The van der Waals surface area contributed by atoms with Crippen LogP contribution in [0.5, 0.6) is 0 Å². The summed E-state index contributed by atoms with van der Waals surface area (Å²) in [5.41, 5.74) is 7.27. The quantitative estimate of drug-likeness (QED) is 0.603. The van der Waals surface area contributed by atoms with E-state index in [1.165, 1.54) is 6.39 Å². The van der Waals surface area contributed by atoms with E-state index in [1.54, 1.807) is 0 Å². The molecule has 126 valence electrons. The number of rotatable bonds is 7. The zero-order valence-electron chi connectivity index (χ0n) is 13.4. The molecule has 3 rings (SSSR count). The second-order valence-corrected chi connectivity index (χ2v) is 5.57. The lowest BCUT2D eigenvalue weighted by Crippen LogP contribution is -2.24. The third kappa shape index (κ3) is 3.43. The summed E-state index contributed by atoms with van der Waals surface area (Å²) in [5, 5.41) is 21.2. The fourth-order valence-electron chi connectivity index (χ4n) is 2.54. The molecule has 0 fully saturated rings. The maximum atomic E-state index is 9.56. The Bertz CT molecular complexity index is 806.